The fraction of sp³-hybridized carbons (Fsp3) is 0.800. The second-order valence-electron chi connectivity index (χ2n) is 4.35. The van der Waals surface area contributed by atoms with Gasteiger partial charge in [-0.05, 0) is 12.8 Å². The lowest BCUT2D eigenvalue weighted by atomic mass is 10.1. The maximum absolute atomic E-state index is 13.2. The van der Waals surface area contributed by atoms with Gasteiger partial charge >= 0.3 is 5.97 Å². The Morgan fingerprint density at radius 3 is 2.65 bits per heavy atom. The zero-order valence-electron chi connectivity index (χ0n) is 9.53. The molecule has 17 heavy (non-hydrogen) atoms. The van der Waals surface area contributed by atoms with Crippen molar-refractivity contribution in [3.05, 3.63) is 0 Å². The van der Waals surface area contributed by atoms with Crippen molar-refractivity contribution in [2.75, 3.05) is 6.54 Å². The fourth-order valence-corrected chi connectivity index (χ4v) is 1.98. The smallest absolute Gasteiger partial charge is 0.321 e. The normalized spacial score (nSPS) is 22.6. The van der Waals surface area contributed by atoms with Gasteiger partial charge in [-0.1, -0.05) is 0 Å². The van der Waals surface area contributed by atoms with Crippen LogP contribution in [0, 0.1) is 0 Å². The molecule has 0 aromatic heterocycles. The number of likely N-dealkylation sites (tertiary alicyclic amines) is 1. The SMILES string of the molecule is CC(F)(F)C1CCCN1C(=O)C[C@H](N)C(=O)O. The third-order valence-corrected chi connectivity index (χ3v) is 2.87. The Morgan fingerprint density at radius 2 is 2.18 bits per heavy atom. The number of carboxylic acids is 1. The Morgan fingerprint density at radius 1 is 1.59 bits per heavy atom. The van der Waals surface area contributed by atoms with Crippen molar-refractivity contribution in [2.45, 2.75) is 44.2 Å². The molecule has 0 saturated carbocycles. The number of rotatable bonds is 4. The number of halogens is 2. The quantitative estimate of drug-likeness (QED) is 0.758. The predicted octanol–water partition coefficient (Wildman–Crippen LogP) is 0.435. The molecule has 0 spiro atoms. The van der Waals surface area contributed by atoms with Gasteiger partial charge in [-0.3, -0.25) is 9.59 Å². The number of nitrogens with zero attached hydrogens (tertiary/aromatic N) is 1. The zero-order valence-corrected chi connectivity index (χ0v) is 9.53. The molecule has 1 amide bonds. The average molecular weight is 250 g/mol. The highest BCUT2D eigenvalue weighted by Gasteiger charge is 2.43. The summed E-state index contributed by atoms with van der Waals surface area (Å²) in [6.45, 7) is 1.000. The van der Waals surface area contributed by atoms with E-state index >= 15 is 0 Å². The van der Waals surface area contributed by atoms with E-state index in [1.165, 1.54) is 0 Å². The number of alkyl halides is 2. The van der Waals surface area contributed by atoms with Gasteiger partial charge in [0.05, 0.1) is 12.5 Å². The summed E-state index contributed by atoms with van der Waals surface area (Å²) in [5, 5.41) is 8.56. The first kappa shape index (κ1) is 13.8. The molecular weight excluding hydrogens is 234 g/mol. The molecule has 1 fully saturated rings. The van der Waals surface area contributed by atoms with Crippen molar-refractivity contribution in [3.8, 4) is 0 Å². The van der Waals surface area contributed by atoms with Crippen LogP contribution in [0.1, 0.15) is 26.2 Å². The lowest BCUT2D eigenvalue weighted by Gasteiger charge is -2.29. The van der Waals surface area contributed by atoms with Gasteiger partial charge in [0.25, 0.3) is 5.92 Å². The summed E-state index contributed by atoms with van der Waals surface area (Å²) in [6.07, 6.45) is 0.293. The van der Waals surface area contributed by atoms with Crippen LogP contribution in [0.15, 0.2) is 0 Å². The molecule has 2 atom stereocenters. The van der Waals surface area contributed by atoms with E-state index in [-0.39, 0.29) is 13.0 Å². The van der Waals surface area contributed by atoms with Crippen molar-refractivity contribution >= 4 is 11.9 Å². The largest absolute Gasteiger partial charge is 0.480 e. The first-order valence-corrected chi connectivity index (χ1v) is 5.39. The van der Waals surface area contributed by atoms with Crippen molar-refractivity contribution in [1.82, 2.24) is 4.90 Å². The van der Waals surface area contributed by atoms with Gasteiger partial charge in [0.2, 0.25) is 5.91 Å². The van der Waals surface area contributed by atoms with Crippen molar-refractivity contribution in [1.29, 1.82) is 0 Å². The molecule has 0 radical (unpaired) electrons. The Kier molecular flexibility index (Phi) is 4.03. The van der Waals surface area contributed by atoms with E-state index < -0.39 is 36.3 Å². The topological polar surface area (TPSA) is 83.6 Å². The highest BCUT2D eigenvalue weighted by atomic mass is 19.3. The van der Waals surface area contributed by atoms with Gasteiger partial charge in [0, 0.05) is 13.5 Å². The molecule has 5 nitrogen and oxygen atoms in total. The summed E-state index contributed by atoms with van der Waals surface area (Å²) >= 11 is 0. The Bertz CT molecular complexity index is 317. The highest BCUT2D eigenvalue weighted by Crippen LogP contribution is 2.31. The Hall–Kier alpha value is -1.24. The summed E-state index contributed by atoms with van der Waals surface area (Å²) < 4.78 is 26.4. The minimum absolute atomic E-state index is 0.234. The van der Waals surface area contributed by atoms with Gasteiger partial charge in [0.1, 0.15) is 6.04 Å². The number of amides is 1. The third-order valence-electron chi connectivity index (χ3n) is 2.87. The minimum Gasteiger partial charge on any atom is -0.480 e. The molecule has 7 heteroatoms. The van der Waals surface area contributed by atoms with Crippen LogP contribution in [-0.4, -0.2) is 46.4 Å². The third kappa shape index (κ3) is 3.36. The number of hydrogen-bond acceptors (Lipinski definition) is 3. The summed E-state index contributed by atoms with van der Waals surface area (Å²) in [7, 11) is 0. The summed E-state index contributed by atoms with van der Waals surface area (Å²) in [5.74, 6) is -4.90. The van der Waals surface area contributed by atoms with Gasteiger partial charge in [-0.25, -0.2) is 8.78 Å². The molecule has 1 heterocycles. The molecule has 0 aromatic rings. The standard InChI is InChI=1S/C10H16F2N2O3/c1-10(11,12)7-3-2-4-14(7)8(15)5-6(13)9(16)17/h6-7H,2-5,13H2,1H3,(H,16,17)/t6-,7?/m0/s1. The molecule has 1 unspecified atom stereocenters. The number of carbonyl (C=O) groups is 2. The van der Waals surface area contributed by atoms with Crippen molar-refractivity contribution in [3.63, 3.8) is 0 Å². The minimum atomic E-state index is -2.97. The maximum Gasteiger partial charge on any atom is 0.321 e. The average Bonchev–Trinajstić information content (AvgIpc) is 2.64. The Balaban J connectivity index is 2.66. The number of carboxylic acid groups (broad SMARTS) is 1. The van der Waals surface area contributed by atoms with Crippen LogP contribution in [0.3, 0.4) is 0 Å². The summed E-state index contributed by atoms with van der Waals surface area (Å²) in [6, 6.07) is -2.48. The van der Waals surface area contributed by atoms with E-state index in [9.17, 15) is 18.4 Å². The summed E-state index contributed by atoms with van der Waals surface area (Å²) in [5.41, 5.74) is 5.20. The van der Waals surface area contributed by atoms with Gasteiger partial charge < -0.3 is 15.7 Å². The predicted molar refractivity (Wildman–Crippen MR) is 55.6 cm³/mol. The lowest BCUT2D eigenvalue weighted by Crippen LogP contribution is -2.47. The summed E-state index contributed by atoms with van der Waals surface area (Å²) in [4.78, 5) is 23.2. The van der Waals surface area contributed by atoms with Crippen LogP contribution in [0.2, 0.25) is 0 Å². The van der Waals surface area contributed by atoms with E-state index in [0.717, 1.165) is 11.8 Å². The van der Waals surface area contributed by atoms with Crippen LogP contribution in [-0.2, 0) is 9.59 Å². The lowest BCUT2D eigenvalue weighted by molar-refractivity contribution is -0.145. The van der Waals surface area contributed by atoms with E-state index in [1.54, 1.807) is 0 Å². The fourth-order valence-electron chi connectivity index (χ4n) is 1.98. The number of aliphatic carboxylic acids is 1. The van der Waals surface area contributed by atoms with E-state index in [4.69, 9.17) is 10.8 Å². The monoisotopic (exact) mass is 250 g/mol. The van der Waals surface area contributed by atoms with Gasteiger partial charge in [0.15, 0.2) is 0 Å². The van der Waals surface area contributed by atoms with Crippen molar-refractivity contribution < 1.29 is 23.5 Å². The molecule has 1 aliphatic rings. The van der Waals surface area contributed by atoms with Crippen LogP contribution >= 0.6 is 0 Å². The number of carbonyl (C=O) groups excluding carboxylic acids is 1. The molecule has 1 rings (SSSR count). The first-order chi connectivity index (χ1) is 7.73. The second kappa shape index (κ2) is 4.95. The molecule has 1 saturated heterocycles. The van der Waals surface area contributed by atoms with Crippen LogP contribution in [0.4, 0.5) is 8.78 Å². The Labute approximate surface area is 97.6 Å². The molecule has 3 N–H and O–H groups in total. The van der Waals surface area contributed by atoms with Gasteiger partial charge in [-0.15, -0.1) is 0 Å². The first-order valence-electron chi connectivity index (χ1n) is 5.39. The van der Waals surface area contributed by atoms with Gasteiger partial charge in [-0.2, -0.15) is 0 Å². The highest BCUT2D eigenvalue weighted by molar-refractivity contribution is 5.84. The molecule has 0 aliphatic carbocycles. The molecular formula is C10H16F2N2O3. The van der Waals surface area contributed by atoms with Crippen LogP contribution < -0.4 is 5.73 Å². The number of hydrogen-bond donors (Lipinski definition) is 2. The molecule has 1 aliphatic heterocycles. The molecule has 0 bridgehead atoms. The zero-order chi connectivity index (χ0) is 13.2. The number of nitrogens with two attached hydrogens (primary N) is 1. The van der Waals surface area contributed by atoms with E-state index in [1.807, 2.05) is 0 Å². The van der Waals surface area contributed by atoms with E-state index in [0.29, 0.717) is 6.42 Å². The van der Waals surface area contributed by atoms with Crippen LogP contribution in [0.25, 0.3) is 0 Å². The van der Waals surface area contributed by atoms with Crippen LogP contribution in [0.5, 0.6) is 0 Å². The molecule has 0 aromatic carbocycles. The van der Waals surface area contributed by atoms with Crippen molar-refractivity contribution in [2.24, 2.45) is 5.73 Å². The maximum atomic E-state index is 13.2. The van der Waals surface area contributed by atoms with E-state index in [2.05, 4.69) is 0 Å². The second-order valence-corrected chi connectivity index (χ2v) is 4.35. The molecule has 98 valence electrons.